The van der Waals surface area contributed by atoms with E-state index in [1.165, 1.54) is 15.9 Å². The summed E-state index contributed by atoms with van der Waals surface area (Å²) in [5.41, 5.74) is 3.20. The van der Waals surface area contributed by atoms with Crippen molar-refractivity contribution in [2.45, 2.75) is 33.4 Å². The molecule has 1 aromatic heterocycles. The fourth-order valence-corrected chi connectivity index (χ4v) is 6.03. The second-order valence-corrected chi connectivity index (χ2v) is 11.0. The van der Waals surface area contributed by atoms with Gasteiger partial charge in [-0.1, -0.05) is 65.4 Å². The minimum atomic E-state index is -0.781. The largest absolute Gasteiger partial charge is 0.489 e. The van der Waals surface area contributed by atoms with Gasteiger partial charge in [-0.2, -0.15) is 0 Å². The van der Waals surface area contributed by atoms with Crippen molar-refractivity contribution in [3.63, 3.8) is 0 Å². The zero-order chi connectivity index (χ0) is 30.5. The van der Waals surface area contributed by atoms with Gasteiger partial charge in [-0.15, -0.1) is 0 Å². The number of nitrogens with zero attached hydrogens (tertiary/aromatic N) is 2. The Labute approximate surface area is 257 Å². The van der Waals surface area contributed by atoms with Crippen molar-refractivity contribution in [2.24, 2.45) is 4.99 Å². The Balaban J connectivity index is 1.46. The number of allylic oxidation sites excluding steroid dienone is 1. The van der Waals surface area contributed by atoms with Crippen molar-refractivity contribution in [1.82, 2.24) is 4.57 Å². The van der Waals surface area contributed by atoms with Crippen LogP contribution in [0.25, 0.3) is 6.08 Å². The molecule has 220 valence electrons. The summed E-state index contributed by atoms with van der Waals surface area (Å²) >= 11 is 7.81. The minimum absolute atomic E-state index is 0.187. The molecule has 0 N–H and O–H groups in total. The molecule has 0 fully saturated rings. The zero-order valence-electron chi connectivity index (χ0n) is 23.8. The second kappa shape index (κ2) is 13.2. The average Bonchev–Trinajstić information content (AvgIpc) is 3.30. The quantitative estimate of drug-likeness (QED) is 0.240. The van der Waals surface area contributed by atoms with Gasteiger partial charge in [-0.3, -0.25) is 9.36 Å². The van der Waals surface area contributed by atoms with E-state index in [0.717, 1.165) is 11.1 Å². The van der Waals surface area contributed by atoms with Crippen LogP contribution in [0.5, 0.6) is 5.75 Å². The summed E-state index contributed by atoms with van der Waals surface area (Å²) < 4.78 is 18.3. The van der Waals surface area contributed by atoms with Crippen LogP contribution < -0.4 is 19.6 Å². The normalized spacial score (nSPS) is 14.6. The molecule has 0 bridgehead atoms. The Morgan fingerprint density at radius 3 is 2.42 bits per heavy atom. The maximum Gasteiger partial charge on any atom is 0.338 e. The Morgan fingerprint density at radius 1 is 0.977 bits per heavy atom. The Bertz CT molecular complexity index is 1890. The number of esters is 2. The van der Waals surface area contributed by atoms with Crippen LogP contribution in [-0.4, -0.2) is 29.7 Å². The number of hydrogen-bond donors (Lipinski definition) is 0. The zero-order valence-corrected chi connectivity index (χ0v) is 25.4. The standard InChI is InChI=1S/C33H29ClN2O6S/c1-4-40-31(38)23-15-13-21(14-16-23)19-42-24-10-8-9-22(17-24)18-27-30(37)36-29(25-11-6-7-12-26(25)34)28(32(39)41-5-2)20(3)35-33(36)43-27/h6-18,29H,4-5,19H2,1-3H3/b27-18-/t29-/m0/s1. The van der Waals surface area contributed by atoms with Crippen molar-refractivity contribution < 1.29 is 23.8 Å². The smallest absolute Gasteiger partial charge is 0.338 e. The highest BCUT2D eigenvalue weighted by Crippen LogP contribution is 2.34. The molecule has 4 aromatic rings. The summed E-state index contributed by atoms with van der Waals surface area (Å²) in [6, 6.07) is 20.8. The van der Waals surface area contributed by atoms with E-state index in [-0.39, 0.29) is 23.7 Å². The fourth-order valence-electron chi connectivity index (χ4n) is 4.75. The molecule has 3 aromatic carbocycles. The highest BCUT2D eigenvalue weighted by atomic mass is 35.5. The first-order valence-corrected chi connectivity index (χ1v) is 14.9. The van der Waals surface area contributed by atoms with E-state index >= 15 is 0 Å². The number of aromatic nitrogens is 1. The van der Waals surface area contributed by atoms with Gasteiger partial charge in [0.25, 0.3) is 5.56 Å². The molecule has 0 saturated carbocycles. The summed E-state index contributed by atoms with van der Waals surface area (Å²) in [6.07, 6.45) is 1.78. The fraction of sp³-hybridized carbons (Fsp3) is 0.212. The second-order valence-electron chi connectivity index (χ2n) is 9.60. The lowest BCUT2D eigenvalue weighted by Crippen LogP contribution is -2.40. The van der Waals surface area contributed by atoms with E-state index in [0.29, 0.717) is 50.1 Å². The lowest BCUT2D eigenvalue weighted by atomic mass is 9.96. The van der Waals surface area contributed by atoms with Gasteiger partial charge in [0, 0.05) is 5.02 Å². The highest BCUT2D eigenvalue weighted by molar-refractivity contribution is 7.07. The maximum absolute atomic E-state index is 13.9. The monoisotopic (exact) mass is 616 g/mol. The van der Waals surface area contributed by atoms with E-state index in [1.54, 1.807) is 57.2 Å². The highest BCUT2D eigenvalue weighted by Gasteiger charge is 2.34. The van der Waals surface area contributed by atoms with Gasteiger partial charge in [-0.05, 0) is 73.9 Å². The molecule has 8 nitrogen and oxygen atoms in total. The third-order valence-electron chi connectivity index (χ3n) is 6.74. The SMILES string of the molecule is CCOC(=O)C1=C(C)N=c2s/c(=C\c3cccc(OCc4ccc(C(=O)OCC)cc4)c3)c(=O)n2[C@H]1c1ccccc1Cl. The Hall–Kier alpha value is -4.47. The van der Waals surface area contributed by atoms with Gasteiger partial charge in [0.2, 0.25) is 0 Å². The maximum atomic E-state index is 13.9. The van der Waals surface area contributed by atoms with E-state index in [9.17, 15) is 14.4 Å². The number of benzene rings is 3. The summed E-state index contributed by atoms with van der Waals surface area (Å²) in [5.74, 6) is -0.285. The third-order valence-corrected chi connectivity index (χ3v) is 8.07. The molecule has 43 heavy (non-hydrogen) atoms. The molecule has 0 spiro atoms. The topological polar surface area (TPSA) is 96.2 Å². The molecule has 0 unspecified atom stereocenters. The Kier molecular flexibility index (Phi) is 9.23. The molecule has 5 rings (SSSR count). The first-order valence-electron chi connectivity index (χ1n) is 13.7. The molecule has 0 amide bonds. The van der Waals surface area contributed by atoms with Crippen LogP contribution in [0.2, 0.25) is 5.02 Å². The van der Waals surface area contributed by atoms with Gasteiger partial charge in [0.05, 0.1) is 34.6 Å². The lowest BCUT2D eigenvalue weighted by molar-refractivity contribution is -0.139. The molecule has 1 atom stereocenters. The number of carbonyl (C=O) groups excluding carboxylic acids is 2. The molecule has 10 heteroatoms. The van der Waals surface area contributed by atoms with E-state index in [4.69, 9.17) is 25.8 Å². The summed E-state index contributed by atoms with van der Waals surface area (Å²) in [5, 5.41) is 0.430. The lowest BCUT2D eigenvalue weighted by Gasteiger charge is -2.25. The number of rotatable bonds is 9. The molecular weight excluding hydrogens is 588 g/mol. The van der Waals surface area contributed by atoms with Crippen LogP contribution in [-0.2, 0) is 20.9 Å². The van der Waals surface area contributed by atoms with Crippen LogP contribution in [0.4, 0.5) is 0 Å². The molecular formula is C33H29ClN2O6S. The summed E-state index contributed by atoms with van der Waals surface area (Å²) in [7, 11) is 0. The summed E-state index contributed by atoms with van der Waals surface area (Å²) in [4.78, 5) is 43.9. The van der Waals surface area contributed by atoms with Gasteiger partial charge in [0.15, 0.2) is 4.80 Å². The predicted octanol–water partition coefficient (Wildman–Crippen LogP) is 5.21. The molecule has 0 aliphatic carbocycles. The summed E-state index contributed by atoms with van der Waals surface area (Å²) in [6.45, 7) is 6.03. The molecule has 1 aliphatic rings. The number of fused-ring (bicyclic) bond motifs is 1. The van der Waals surface area contributed by atoms with E-state index in [2.05, 4.69) is 4.99 Å². The van der Waals surface area contributed by atoms with Crippen LogP contribution in [0, 0.1) is 0 Å². The predicted molar refractivity (Wildman–Crippen MR) is 165 cm³/mol. The van der Waals surface area contributed by atoms with Crippen molar-refractivity contribution >= 4 is 41.0 Å². The Morgan fingerprint density at radius 2 is 1.70 bits per heavy atom. The van der Waals surface area contributed by atoms with Gasteiger partial charge < -0.3 is 14.2 Å². The van der Waals surface area contributed by atoms with Crippen molar-refractivity contribution in [3.8, 4) is 5.75 Å². The minimum Gasteiger partial charge on any atom is -0.489 e. The first-order chi connectivity index (χ1) is 20.8. The number of ether oxygens (including phenoxy) is 3. The molecule has 0 radical (unpaired) electrons. The number of carbonyl (C=O) groups is 2. The number of hydrogen-bond acceptors (Lipinski definition) is 8. The third kappa shape index (κ3) is 6.48. The van der Waals surface area contributed by atoms with Crippen molar-refractivity contribution in [1.29, 1.82) is 0 Å². The molecule has 1 aliphatic heterocycles. The van der Waals surface area contributed by atoms with Crippen LogP contribution in [0.3, 0.4) is 0 Å². The average molecular weight is 617 g/mol. The van der Waals surface area contributed by atoms with E-state index < -0.39 is 12.0 Å². The molecule has 2 heterocycles. The first kappa shape index (κ1) is 30.0. The number of halogens is 1. The van der Waals surface area contributed by atoms with Crippen molar-refractivity contribution in [3.05, 3.63) is 131 Å². The van der Waals surface area contributed by atoms with E-state index in [1.807, 2.05) is 42.5 Å². The van der Waals surface area contributed by atoms with Crippen LogP contribution in [0.1, 0.15) is 53.9 Å². The van der Waals surface area contributed by atoms with Crippen LogP contribution in [0.15, 0.2) is 93.9 Å². The van der Waals surface area contributed by atoms with Gasteiger partial charge in [-0.25, -0.2) is 14.6 Å². The van der Waals surface area contributed by atoms with Gasteiger partial charge in [0.1, 0.15) is 18.4 Å². The molecule has 0 saturated heterocycles. The number of thiazole rings is 1. The van der Waals surface area contributed by atoms with Crippen molar-refractivity contribution in [2.75, 3.05) is 13.2 Å². The van der Waals surface area contributed by atoms with Crippen LogP contribution >= 0.6 is 22.9 Å². The van der Waals surface area contributed by atoms with Gasteiger partial charge >= 0.3 is 11.9 Å².